The fourth-order valence-corrected chi connectivity index (χ4v) is 3.14. The Bertz CT molecular complexity index is 1140. The zero-order valence-electron chi connectivity index (χ0n) is 14.3. The first-order chi connectivity index (χ1) is 13.0. The highest BCUT2D eigenvalue weighted by atomic mass is 35.5. The number of halogens is 2. The van der Waals surface area contributed by atoms with Crippen LogP contribution in [0.25, 0.3) is 22.6 Å². The molecule has 0 bridgehead atoms. The second kappa shape index (κ2) is 7.06. The number of anilines is 1. The highest BCUT2D eigenvalue weighted by Crippen LogP contribution is 2.30. The molecule has 0 radical (unpaired) electrons. The molecule has 6 heteroatoms. The molecular weight excluding hydrogens is 383 g/mol. The van der Waals surface area contributed by atoms with Crippen LogP contribution in [0.15, 0.2) is 65.1 Å². The van der Waals surface area contributed by atoms with Gasteiger partial charge in [0.05, 0.1) is 15.6 Å². The number of hydrogen-bond donors (Lipinski definition) is 1. The van der Waals surface area contributed by atoms with Gasteiger partial charge in [0, 0.05) is 11.3 Å². The monoisotopic (exact) mass is 396 g/mol. The first-order valence-corrected chi connectivity index (χ1v) is 9.00. The van der Waals surface area contributed by atoms with Crippen molar-refractivity contribution in [1.82, 2.24) is 4.98 Å². The van der Waals surface area contributed by atoms with Crippen LogP contribution in [0, 0.1) is 6.92 Å². The summed E-state index contributed by atoms with van der Waals surface area (Å²) in [6.07, 6.45) is 0. The van der Waals surface area contributed by atoms with Crippen LogP contribution in [0.1, 0.15) is 15.9 Å². The number of aromatic nitrogens is 1. The summed E-state index contributed by atoms with van der Waals surface area (Å²) in [5.41, 5.74) is 4.13. The Morgan fingerprint density at radius 1 is 1.04 bits per heavy atom. The van der Waals surface area contributed by atoms with Crippen LogP contribution in [-0.2, 0) is 0 Å². The van der Waals surface area contributed by atoms with Gasteiger partial charge in [0.15, 0.2) is 5.58 Å². The van der Waals surface area contributed by atoms with Crippen molar-refractivity contribution in [3.05, 3.63) is 81.8 Å². The number of carbonyl (C=O) groups is 1. The number of hydrogen-bond acceptors (Lipinski definition) is 3. The molecule has 0 fully saturated rings. The Hall–Kier alpha value is -2.82. The van der Waals surface area contributed by atoms with Crippen LogP contribution in [0.2, 0.25) is 10.0 Å². The minimum Gasteiger partial charge on any atom is -0.436 e. The quantitative estimate of drug-likeness (QED) is 0.438. The van der Waals surface area contributed by atoms with Gasteiger partial charge in [-0.15, -0.1) is 0 Å². The molecule has 4 rings (SSSR count). The van der Waals surface area contributed by atoms with Crippen molar-refractivity contribution in [3.63, 3.8) is 0 Å². The van der Waals surface area contributed by atoms with Crippen molar-refractivity contribution in [2.24, 2.45) is 0 Å². The Morgan fingerprint density at radius 3 is 2.67 bits per heavy atom. The lowest BCUT2D eigenvalue weighted by atomic mass is 10.1. The normalized spacial score (nSPS) is 10.9. The number of nitrogens with zero attached hydrogens (tertiary/aromatic N) is 1. The Balaban J connectivity index is 1.68. The molecule has 3 aromatic carbocycles. The zero-order valence-corrected chi connectivity index (χ0v) is 15.8. The van der Waals surface area contributed by atoms with E-state index in [4.69, 9.17) is 27.6 Å². The van der Waals surface area contributed by atoms with Gasteiger partial charge in [-0.2, -0.15) is 0 Å². The van der Waals surface area contributed by atoms with E-state index in [1.54, 1.807) is 18.2 Å². The van der Waals surface area contributed by atoms with E-state index in [2.05, 4.69) is 10.3 Å². The molecule has 0 aliphatic rings. The molecule has 0 aliphatic carbocycles. The SMILES string of the molecule is Cc1ccc(-c2nc3ccccc3o2)cc1NC(=O)c1cccc(Cl)c1Cl. The van der Waals surface area contributed by atoms with Crippen LogP contribution in [0.3, 0.4) is 0 Å². The van der Waals surface area contributed by atoms with Gasteiger partial charge in [-0.1, -0.05) is 47.5 Å². The third kappa shape index (κ3) is 3.42. The first kappa shape index (κ1) is 17.6. The molecule has 4 nitrogen and oxygen atoms in total. The van der Waals surface area contributed by atoms with Crippen molar-refractivity contribution in [1.29, 1.82) is 0 Å². The van der Waals surface area contributed by atoms with Crippen LogP contribution in [0.5, 0.6) is 0 Å². The minimum absolute atomic E-state index is 0.226. The van der Waals surface area contributed by atoms with Crippen molar-refractivity contribution < 1.29 is 9.21 Å². The number of amides is 1. The maximum atomic E-state index is 12.6. The van der Waals surface area contributed by atoms with Crippen molar-refractivity contribution in [3.8, 4) is 11.5 Å². The molecule has 27 heavy (non-hydrogen) atoms. The molecule has 0 aliphatic heterocycles. The Morgan fingerprint density at radius 2 is 1.85 bits per heavy atom. The average Bonchev–Trinajstić information content (AvgIpc) is 3.10. The van der Waals surface area contributed by atoms with Gasteiger partial charge in [-0.25, -0.2) is 4.98 Å². The summed E-state index contributed by atoms with van der Waals surface area (Å²) in [7, 11) is 0. The molecule has 134 valence electrons. The lowest BCUT2D eigenvalue weighted by molar-refractivity contribution is 0.102. The summed E-state index contributed by atoms with van der Waals surface area (Å²) in [4.78, 5) is 17.1. The number of para-hydroxylation sites is 2. The first-order valence-electron chi connectivity index (χ1n) is 8.25. The van der Waals surface area contributed by atoms with Crippen LogP contribution in [-0.4, -0.2) is 10.9 Å². The number of aryl methyl sites for hydroxylation is 1. The van der Waals surface area contributed by atoms with E-state index in [1.807, 2.05) is 49.4 Å². The summed E-state index contributed by atoms with van der Waals surface area (Å²) >= 11 is 12.2. The van der Waals surface area contributed by atoms with E-state index >= 15 is 0 Å². The number of oxazole rings is 1. The van der Waals surface area contributed by atoms with Gasteiger partial charge in [0.25, 0.3) is 5.91 Å². The number of fused-ring (bicyclic) bond motifs is 1. The lowest BCUT2D eigenvalue weighted by Crippen LogP contribution is -2.13. The Labute approximate surface area is 165 Å². The number of nitrogens with one attached hydrogen (secondary N) is 1. The van der Waals surface area contributed by atoms with Gasteiger partial charge in [-0.3, -0.25) is 4.79 Å². The van der Waals surface area contributed by atoms with E-state index < -0.39 is 0 Å². The molecule has 1 aromatic heterocycles. The second-order valence-corrected chi connectivity index (χ2v) is 6.86. The molecule has 0 spiro atoms. The standard InChI is InChI=1S/C21H14Cl2N2O2/c1-12-9-10-13(21-25-16-7-2-3-8-18(16)27-21)11-17(12)24-20(26)14-5-4-6-15(22)19(14)23/h2-11H,1H3,(H,24,26). The summed E-state index contributed by atoms with van der Waals surface area (Å²) in [6, 6.07) is 18.1. The van der Waals surface area contributed by atoms with E-state index in [1.165, 1.54) is 0 Å². The summed E-state index contributed by atoms with van der Waals surface area (Å²) in [6.45, 7) is 1.91. The number of rotatable bonds is 3. The summed E-state index contributed by atoms with van der Waals surface area (Å²) in [5, 5.41) is 3.45. The molecule has 4 aromatic rings. The minimum atomic E-state index is -0.333. The fourth-order valence-electron chi connectivity index (χ4n) is 2.75. The van der Waals surface area contributed by atoms with Gasteiger partial charge in [0.2, 0.25) is 5.89 Å². The molecule has 0 atom stereocenters. The smallest absolute Gasteiger partial charge is 0.257 e. The van der Waals surface area contributed by atoms with Crippen LogP contribution in [0.4, 0.5) is 5.69 Å². The van der Waals surface area contributed by atoms with E-state index in [0.29, 0.717) is 27.7 Å². The third-order valence-electron chi connectivity index (χ3n) is 4.22. The maximum absolute atomic E-state index is 12.6. The molecule has 1 heterocycles. The third-order valence-corrected chi connectivity index (χ3v) is 5.04. The lowest BCUT2D eigenvalue weighted by Gasteiger charge is -2.11. The fraction of sp³-hybridized carbons (Fsp3) is 0.0476. The summed E-state index contributed by atoms with van der Waals surface area (Å²) < 4.78 is 5.81. The van der Waals surface area contributed by atoms with E-state index in [0.717, 1.165) is 16.6 Å². The number of carbonyl (C=O) groups excluding carboxylic acids is 1. The van der Waals surface area contributed by atoms with Gasteiger partial charge in [0.1, 0.15) is 5.52 Å². The Kier molecular flexibility index (Phi) is 4.60. The predicted octanol–water partition coefficient (Wildman–Crippen LogP) is 6.36. The van der Waals surface area contributed by atoms with Gasteiger partial charge >= 0.3 is 0 Å². The van der Waals surface area contributed by atoms with Crippen LogP contribution >= 0.6 is 23.2 Å². The molecule has 0 unspecified atom stereocenters. The van der Waals surface area contributed by atoms with Crippen molar-refractivity contribution >= 4 is 45.9 Å². The van der Waals surface area contributed by atoms with Crippen molar-refractivity contribution in [2.75, 3.05) is 5.32 Å². The van der Waals surface area contributed by atoms with Crippen molar-refractivity contribution in [2.45, 2.75) is 6.92 Å². The average molecular weight is 397 g/mol. The van der Waals surface area contributed by atoms with Crippen LogP contribution < -0.4 is 5.32 Å². The predicted molar refractivity (Wildman–Crippen MR) is 109 cm³/mol. The topological polar surface area (TPSA) is 55.1 Å². The highest BCUT2D eigenvalue weighted by molar-refractivity contribution is 6.44. The largest absolute Gasteiger partial charge is 0.436 e. The highest BCUT2D eigenvalue weighted by Gasteiger charge is 2.15. The van der Waals surface area contributed by atoms with E-state index in [9.17, 15) is 4.79 Å². The summed E-state index contributed by atoms with van der Waals surface area (Å²) in [5.74, 6) is 0.160. The van der Waals surface area contributed by atoms with Gasteiger partial charge < -0.3 is 9.73 Å². The second-order valence-electron chi connectivity index (χ2n) is 6.07. The molecule has 0 saturated heterocycles. The molecular formula is C21H14Cl2N2O2. The zero-order chi connectivity index (χ0) is 19.0. The number of benzene rings is 3. The van der Waals surface area contributed by atoms with E-state index in [-0.39, 0.29) is 10.9 Å². The molecule has 0 saturated carbocycles. The molecule has 1 N–H and O–H groups in total. The maximum Gasteiger partial charge on any atom is 0.257 e. The molecule has 1 amide bonds. The van der Waals surface area contributed by atoms with Gasteiger partial charge in [-0.05, 0) is 48.9 Å².